The van der Waals surface area contributed by atoms with Crippen LogP contribution in [0.15, 0.2) is 36.9 Å². The predicted octanol–water partition coefficient (Wildman–Crippen LogP) is 4.32. The highest BCUT2D eigenvalue weighted by atomic mass is 16.6. The first kappa shape index (κ1) is 32.0. The lowest BCUT2D eigenvalue weighted by molar-refractivity contribution is -0.160. The van der Waals surface area contributed by atoms with Gasteiger partial charge in [-0.2, -0.15) is 0 Å². The molecule has 0 saturated carbocycles. The third kappa shape index (κ3) is 5.46. The summed E-state index contributed by atoms with van der Waals surface area (Å²) in [5.41, 5.74) is -0.0973. The first-order valence-electron chi connectivity index (χ1n) is 15.8. The Balaban J connectivity index is 1.73. The van der Waals surface area contributed by atoms with Crippen LogP contribution in [0.4, 0.5) is 11.4 Å². The second-order valence-corrected chi connectivity index (χ2v) is 11.7. The third-order valence-corrected chi connectivity index (χ3v) is 9.63. The normalized spacial score (nSPS) is 27.7. The fraction of sp³-hybridized carbons (Fsp3) is 0.667. The van der Waals surface area contributed by atoms with Crippen LogP contribution in [0.2, 0.25) is 0 Å². The summed E-state index contributed by atoms with van der Waals surface area (Å²) in [5.74, 6) is -2.32. The second-order valence-electron chi connectivity index (χ2n) is 11.7. The van der Waals surface area contributed by atoms with Crippen molar-refractivity contribution in [1.29, 1.82) is 0 Å². The number of benzene rings is 1. The number of nitrogens with zero attached hydrogens (tertiary/aromatic N) is 3. The van der Waals surface area contributed by atoms with Crippen LogP contribution in [0.25, 0.3) is 0 Å². The highest BCUT2D eigenvalue weighted by molar-refractivity contribution is 6.05. The van der Waals surface area contributed by atoms with E-state index in [1.807, 2.05) is 31.2 Å². The molecule has 1 aromatic rings. The molecule has 2 bridgehead atoms. The molecule has 1 N–H and O–H groups in total. The topological polar surface area (TPSA) is 99.6 Å². The van der Waals surface area contributed by atoms with Gasteiger partial charge in [0.15, 0.2) is 0 Å². The predicted molar refractivity (Wildman–Crippen MR) is 163 cm³/mol. The summed E-state index contributed by atoms with van der Waals surface area (Å²) >= 11 is 0. The molecule has 42 heavy (non-hydrogen) atoms. The molecule has 3 heterocycles. The largest absolute Gasteiger partial charge is 0.466 e. The number of esters is 1. The lowest BCUT2D eigenvalue weighted by Crippen LogP contribution is -2.56. The molecular formula is C33H49N3O6. The van der Waals surface area contributed by atoms with Gasteiger partial charge in [-0.1, -0.05) is 25.8 Å². The average Bonchev–Trinajstić information content (AvgIpc) is 3.60. The summed E-state index contributed by atoms with van der Waals surface area (Å²) in [4.78, 5) is 48.0. The van der Waals surface area contributed by atoms with E-state index >= 15 is 0 Å². The van der Waals surface area contributed by atoms with Crippen molar-refractivity contribution in [3.05, 3.63) is 36.9 Å². The zero-order valence-electron chi connectivity index (χ0n) is 25.8. The minimum atomic E-state index is -1.09. The van der Waals surface area contributed by atoms with E-state index in [1.165, 1.54) is 0 Å². The minimum absolute atomic E-state index is 0.132. The van der Waals surface area contributed by atoms with Gasteiger partial charge in [0.1, 0.15) is 17.6 Å². The number of hydrogen-bond acceptors (Lipinski definition) is 7. The maximum absolute atomic E-state index is 14.7. The molecular weight excluding hydrogens is 534 g/mol. The van der Waals surface area contributed by atoms with Crippen molar-refractivity contribution in [2.24, 2.45) is 11.8 Å². The van der Waals surface area contributed by atoms with Crippen LogP contribution >= 0.6 is 0 Å². The number of carbonyl (C=O) groups excluding carboxylic acids is 3. The number of carbonyl (C=O) groups is 3. The van der Waals surface area contributed by atoms with Crippen LogP contribution in [-0.4, -0.2) is 84.4 Å². The summed E-state index contributed by atoms with van der Waals surface area (Å²) < 4.78 is 12.3. The van der Waals surface area contributed by atoms with Gasteiger partial charge in [0.25, 0.3) is 5.91 Å². The molecule has 2 unspecified atom stereocenters. The van der Waals surface area contributed by atoms with Gasteiger partial charge < -0.3 is 29.3 Å². The second kappa shape index (κ2) is 13.6. The van der Waals surface area contributed by atoms with Crippen molar-refractivity contribution in [3.8, 4) is 0 Å². The number of aliphatic hydroxyl groups excluding tert-OH is 1. The van der Waals surface area contributed by atoms with Crippen molar-refractivity contribution in [1.82, 2.24) is 4.90 Å². The first-order chi connectivity index (χ1) is 20.3. The Bertz CT molecular complexity index is 1120. The number of anilines is 2. The maximum atomic E-state index is 14.7. The number of amides is 2. The van der Waals surface area contributed by atoms with Crippen LogP contribution in [0.1, 0.15) is 72.6 Å². The molecule has 1 aromatic carbocycles. The van der Waals surface area contributed by atoms with E-state index in [4.69, 9.17) is 9.47 Å². The first-order valence-corrected chi connectivity index (χ1v) is 15.8. The average molecular weight is 584 g/mol. The molecule has 3 aliphatic heterocycles. The van der Waals surface area contributed by atoms with E-state index in [0.717, 1.165) is 37.3 Å². The molecule has 3 aliphatic rings. The molecule has 5 atom stereocenters. The molecule has 9 nitrogen and oxygen atoms in total. The smallest absolute Gasteiger partial charge is 0.312 e. The van der Waals surface area contributed by atoms with Crippen LogP contribution in [0, 0.1) is 11.8 Å². The highest BCUT2D eigenvalue weighted by Gasteiger charge is 2.79. The number of likely N-dealkylation sites (tertiary alicyclic amines) is 1. The van der Waals surface area contributed by atoms with Gasteiger partial charge in [-0.15, -0.1) is 6.58 Å². The molecule has 1 spiro atoms. The van der Waals surface area contributed by atoms with Crippen molar-refractivity contribution >= 4 is 29.2 Å². The number of unbranched alkanes of at least 4 members (excludes halogenated alkanes) is 3. The van der Waals surface area contributed by atoms with E-state index < -0.39 is 35.0 Å². The summed E-state index contributed by atoms with van der Waals surface area (Å²) in [6.07, 6.45) is 6.46. The number of fused-ring (bicyclic) bond motifs is 1. The molecule has 3 saturated heterocycles. The Morgan fingerprint density at radius 2 is 1.74 bits per heavy atom. The minimum Gasteiger partial charge on any atom is -0.466 e. The summed E-state index contributed by atoms with van der Waals surface area (Å²) in [7, 11) is 0. The van der Waals surface area contributed by atoms with Gasteiger partial charge in [0, 0.05) is 44.2 Å². The van der Waals surface area contributed by atoms with E-state index in [0.29, 0.717) is 38.6 Å². The zero-order valence-corrected chi connectivity index (χ0v) is 25.8. The monoisotopic (exact) mass is 583 g/mol. The lowest BCUT2D eigenvalue weighted by Gasteiger charge is -2.37. The summed E-state index contributed by atoms with van der Waals surface area (Å²) in [6.45, 7) is 14.7. The molecule has 2 amide bonds. The quantitative estimate of drug-likeness (QED) is 0.176. The summed E-state index contributed by atoms with van der Waals surface area (Å²) in [6, 6.07) is 7.07. The Hall–Kier alpha value is -2.91. The van der Waals surface area contributed by atoms with E-state index in [1.54, 1.807) is 22.8 Å². The van der Waals surface area contributed by atoms with Crippen LogP contribution in [0.3, 0.4) is 0 Å². The van der Waals surface area contributed by atoms with Crippen LogP contribution in [0.5, 0.6) is 0 Å². The molecule has 232 valence electrons. The third-order valence-electron chi connectivity index (χ3n) is 9.63. The Labute approximate surface area is 250 Å². The Kier molecular flexibility index (Phi) is 10.4. The molecule has 0 radical (unpaired) electrons. The van der Waals surface area contributed by atoms with Gasteiger partial charge in [-0.3, -0.25) is 14.4 Å². The number of hydrogen-bond donors (Lipinski definition) is 1. The summed E-state index contributed by atoms with van der Waals surface area (Å²) in [5, 5.41) is 9.20. The lowest BCUT2D eigenvalue weighted by atomic mass is 9.65. The molecule has 9 heteroatoms. The molecule has 0 aliphatic carbocycles. The van der Waals surface area contributed by atoms with E-state index in [2.05, 4.69) is 25.3 Å². The SMILES string of the molecule is C=CCN(C(=O)C1N(CCCCCCO)C(=O)[C@@H]2[C@H](C(=O)OCC)[C@]3(CC)CCC12O3)c1ccc(N(CC)CC)cc1. The van der Waals surface area contributed by atoms with Gasteiger partial charge in [0.05, 0.1) is 18.1 Å². The van der Waals surface area contributed by atoms with Crippen molar-refractivity contribution in [2.75, 3.05) is 49.2 Å². The zero-order chi connectivity index (χ0) is 30.5. The number of aliphatic hydroxyl groups is 1. The van der Waals surface area contributed by atoms with Crippen molar-refractivity contribution in [3.63, 3.8) is 0 Å². The fourth-order valence-electron chi connectivity index (χ4n) is 7.61. The van der Waals surface area contributed by atoms with Gasteiger partial charge in [-0.05, 0) is 77.1 Å². The number of ether oxygens (including phenoxy) is 2. The fourth-order valence-corrected chi connectivity index (χ4v) is 7.61. The van der Waals surface area contributed by atoms with Gasteiger partial charge in [0.2, 0.25) is 5.91 Å². The molecule has 3 fully saturated rings. The van der Waals surface area contributed by atoms with E-state index in [-0.39, 0.29) is 31.6 Å². The van der Waals surface area contributed by atoms with Gasteiger partial charge >= 0.3 is 5.97 Å². The van der Waals surface area contributed by atoms with Gasteiger partial charge in [-0.25, -0.2) is 0 Å². The van der Waals surface area contributed by atoms with Crippen molar-refractivity contribution in [2.45, 2.75) is 89.9 Å². The van der Waals surface area contributed by atoms with Crippen LogP contribution in [-0.2, 0) is 23.9 Å². The molecule has 0 aromatic heterocycles. The maximum Gasteiger partial charge on any atom is 0.312 e. The number of rotatable bonds is 16. The Morgan fingerprint density at radius 3 is 2.33 bits per heavy atom. The van der Waals surface area contributed by atoms with Crippen LogP contribution < -0.4 is 9.80 Å². The Morgan fingerprint density at radius 1 is 1.07 bits per heavy atom. The molecule has 4 rings (SSSR count). The van der Waals surface area contributed by atoms with E-state index in [9.17, 15) is 19.5 Å². The standard InChI is InChI=1S/C33H49N3O6/c1-6-21-35(25-17-15-24(16-18-25)34(8-3)9-4)30(39)28-33-20-19-32(7-2,42-33)27(31(40)41-10-5)26(33)29(38)36(28)22-13-11-12-14-23-37/h6,15-18,26-28,37H,1,7-14,19-23H2,2-5H3/t26-,27+,28?,32-,33?/m0/s1. The van der Waals surface area contributed by atoms with Crippen molar-refractivity contribution < 1.29 is 29.0 Å². The highest BCUT2D eigenvalue weighted by Crippen LogP contribution is 2.64.